The van der Waals surface area contributed by atoms with Crippen molar-refractivity contribution in [2.24, 2.45) is 17.8 Å². The molecule has 2 aromatic carbocycles. The van der Waals surface area contributed by atoms with E-state index in [0.717, 1.165) is 35.1 Å². The smallest absolute Gasteiger partial charge is 0.407 e. The molecule has 0 aliphatic heterocycles. The zero-order chi connectivity index (χ0) is 24.9. The van der Waals surface area contributed by atoms with Crippen LogP contribution < -0.4 is 10.6 Å². The first-order valence-electron chi connectivity index (χ1n) is 12.5. The number of hydrogen-bond donors (Lipinski definition) is 3. The van der Waals surface area contributed by atoms with Crippen molar-refractivity contribution in [1.29, 1.82) is 0 Å². The minimum atomic E-state index is -0.901. The molecule has 7 heteroatoms. The third kappa shape index (κ3) is 5.84. The number of benzene rings is 2. The Morgan fingerprint density at radius 3 is 2.17 bits per heavy atom. The number of hydrogen-bond acceptors (Lipinski definition) is 4. The van der Waals surface area contributed by atoms with Gasteiger partial charge in [0.2, 0.25) is 5.91 Å². The quantitative estimate of drug-likeness (QED) is 0.439. The van der Waals surface area contributed by atoms with E-state index >= 15 is 0 Å². The maximum absolute atomic E-state index is 12.9. The Bertz CT molecular complexity index is 1040. The van der Waals surface area contributed by atoms with Crippen molar-refractivity contribution in [2.45, 2.75) is 51.5 Å². The number of carbonyl (C=O) groups excluding carboxylic acids is 2. The summed E-state index contributed by atoms with van der Waals surface area (Å²) >= 11 is 0. The first kappa shape index (κ1) is 24.8. The second kappa shape index (κ2) is 10.9. The summed E-state index contributed by atoms with van der Waals surface area (Å²) in [6.07, 6.45) is 2.70. The molecule has 35 heavy (non-hydrogen) atoms. The van der Waals surface area contributed by atoms with Crippen LogP contribution in [-0.2, 0) is 14.3 Å². The van der Waals surface area contributed by atoms with Crippen LogP contribution in [0.5, 0.6) is 0 Å². The fourth-order valence-electron chi connectivity index (χ4n) is 4.83. The highest BCUT2D eigenvalue weighted by molar-refractivity contribution is 5.86. The third-order valence-corrected chi connectivity index (χ3v) is 7.30. The minimum Gasteiger partial charge on any atom is -0.481 e. The maximum atomic E-state index is 12.9. The number of amides is 2. The Morgan fingerprint density at radius 2 is 1.63 bits per heavy atom. The number of carboxylic acid groups (broad SMARTS) is 1. The second-order valence-corrected chi connectivity index (χ2v) is 9.79. The number of aliphatic carboxylic acids is 1. The maximum Gasteiger partial charge on any atom is 0.407 e. The normalized spacial score (nSPS) is 17.0. The molecule has 0 bridgehead atoms. The van der Waals surface area contributed by atoms with Gasteiger partial charge in [-0.25, -0.2) is 4.79 Å². The molecule has 3 N–H and O–H groups in total. The minimum absolute atomic E-state index is 0.0595. The van der Waals surface area contributed by atoms with Crippen molar-refractivity contribution >= 4 is 18.0 Å². The Kier molecular flexibility index (Phi) is 7.73. The van der Waals surface area contributed by atoms with Crippen molar-refractivity contribution in [2.75, 3.05) is 13.2 Å². The molecule has 3 atom stereocenters. The van der Waals surface area contributed by atoms with E-state index in [1.807, 2.05) is 38.1 Å². The van der Waals surface area contributed by atoms with Crippen molar-refractivity contribution < 1.29 is 24.2 Å². The van der Waals surface area contributed by atoms with E-state index in [1.165, 1.54) is 0 Å². The Labute approximate surface area is 206 Å². The topological polar surface area (TPSA) is 105 Å². The van der Waals surface area contributed by atoms with Gasteiger partial charge < -0.3 is 20.5 Å². The highest BCUT2D eigenvalue weighted by Gasteiger charge is 2.33. The number of ether oxygens (including phenoxy) is 1. The number of carboxylic acids is 1. The summed E-state index contributed by atoms with van der Waals surface area (Å²) in [5.41, 5.74) is 4.53. The van der Waals surface area contributed by atoms with Gasteiger partial charge in [0.1, 0.15) is 12.6 Å². The van der Waals surface area contributed by atoms with Crippen LogP contribution in [0.2, 0.25) is 0 Å². The zero-order valence-corrected chi connectivity index (χ0v) is 20.3. The average Bonchev–Trinajstić information content (AvgIpc) is 3.63. The summed E-state index contributed by atoms with van der Waals surface area (Å²) in [5.74, 6) is -1.66. The summed E-state index contributed by atoms with van der Waals surface area (Å²) < 4.78 is 5.62. The molecular weight excluding hydrogens is 444 g/mol. The molecule has 2 aliphatic carbocycles. The lowest BCUT2D eigenvalue weighted by Gasteiger charge is -2.24. The lowest BCUT2D eigenvalue weighted by molar-refractivity contribution is -0.142. The van der Waals surface area contributed by atoms with Crippen molar-refractivity contribution in [3.05, 3.63) is 59.7 Å². The van der Waals surface area contributed by atoms with E-state index < -0.39 is 24.0 Å². The molecule has 0 spiro atoms. The van der Waals surface area contributed by atoms with Gasteiger partial charge in [-0.3, -0.25) is 9.59 Å². The molecule has 2 aliphatic rings. The highest BCUT2D eigenvalue weighted by Crippen LogP contribution is 2.44. The molecule has 7 nitrogen and oxygen atoms in total. The highest BCUT2D eigenvalue weighted by atomic mass is 16.5. The molecule has 1 unspecified atom stereocenters. The zero-order valence-electron chi connectivity index (χ0n) is 20.3. The molecule has 0 radical (unpaired) electrons. The van der Waals surface area contributed by atoms with Crippen LogP contribution >= 0.6 is 0 Å². The fourth-order valence-corrected chi connectivity index (χ4v) is 4.83. The van der Waals surface area contributed by atoms with E-state index in [1.54, 1.807) is 0 Å². The predicted octanol–water partition coefficient (Wildman–Crippen LogP) is 4.56. The van der Waals surface area contributed by atoms with E-state index in [0.29, 0.717) is 18.8 Å². The van der Waals surface area contributed by atoms with E-state index in [9.17, 15) is 19.5 Å². The summed E-state index contributed by atoms with van der Waals surface area (Å²) in [4.78, 5) is 37.2. The number of nitrogens with one attached hydrogen (secondary N) is 2. The predicted molar refractivity (Wildman–Crippen MR) is 133 cm³/mol. The van der Waals surface area contributed by atoms with Crippen molar-refractivity contribution in [3.8, 4) is 11.1 Å². The standard InChI is InChI=1S/C28H34N2O5/c1-3-17(2)25(26(31)29-15-19(27(32)33)14-18-12-13-18)30-28(34)35-16-24-22-10-6-4-8-20(22)21-9-5-7-11-23(21)24/h4-11,17-19,24-25H,3,12-16H2,1-2H3,(H,29,31)(H,30,34)(H,32,33)/t17-,19?,25-/m0/s1. The van der Waals surface area contributed by atoms with Crippen LogP contribution in [0.4, 0.5) is 4.79 Å². The number of rotatable bonds is 11. The SMILES string of the molecule is CC[C@H](C)[C@H](NC(=O)OCC1c2ccccc2-c2ccccc21)C(=O)NCC(CC1CC1)C(=O)O. The first-order chi connectivity index (χ1) is 16.9. The van der Waals surface area contributed by atoms with Crippen LogP contribution in [0.15, 0.2) is 48.5 Å². The second-order valence-electron chi connectivity index (χ2n) is 9.79. The fraction of sp³-hybridized carbons (Fsp3) is 0.464. The van der Waals surface area contributed by atoms with E-state index in [-0.39, 0.29) is 30.9 Å². The molecule has 0 saturated heterocycles. The van der Waals surface area contributed by atoms with Gasteiger partial charge in [0, 0.05) is 12.5 Å². The van der Waals surface area contributed by atoms with Crippen molar-refractivity contribution in [1.82, 2.24) is 10.6 Å². The molecule has 2 aromatic rings. The molecular formula is C28H34N2O5. The van der Waals surface area contributed by atoms with E-state index in [4.69, 9.17) is 4.74 Å². The summed E-state index contributed by atoms with van der Waals surface area (Å²) in [7, 11) is 0. The number of fused-ring (bicyclic) bond motifs is 3. The van der Waals surface area contributed by atoms with Gasteiger partial charge in [-0.05, 0) is 40.5 Å². The molecule has 0 aromatic heterocycles. The molecule has 4 rings (SSSR count). The van der Waals surface area contributed by atoms with Gasteiger partial charge in [-0.2, -0.15) is 0 Å². The van der Waals surface area contributed by atoms with Gasteiger partial charge in [0.25, 0.3) is 0 Å². The van der Waals surface area contributed by atoms with Crippen LogP contribution in [0.3, 0.4) is 0 Å². The third-order valence-electron chi connectivity index (χ3n) is 7.30. The molecule has 186 valence electrons. The first-order valence-corrected chi connectivity index (χ1v) is 12.5. The monoisotopic (exact) mass is 478 g/mol. The summed E-state index contributed by atoms with van der Waals surface area (Å²) in [6.45, 7) is 4.05. The Morgan fingerprint density at radius 1 is 1.03 bits per heavy atom. The largest absolute Gasteiger partial charge is 0.481 e. The van der Waals surface area contributed by atoms with Crippen LogP contribution in [0.1, 0.15) is 56.6 Å². The van der Waals surface area contributed by atoms with E-state index in [2.05, 4.69) is 34.9 Å². The van der Waals surface area contributed by atoms with Crippen molar-refractivity contribution in [3.63, 3.8) is 0 Å². The molecule has 1 fully saturated rings. The van der Waals surface area contributed by atoms with Gasteiger partial charge in [0.05, 0.1) is 5.92 Å². The van der Waals surface area contributed by atoms with Gasteiger partial charge in [-0.15, -0.1) is 0 Å². The number of carbonyl (C=O) groups is 3. The molecule has 2 amide bonds. The van der Waals surface area contributed by atoms with Crippen LogP contribution in [0.25, 0.3) is 11.1 Å². The number of alkyl carbamates (subject to hydrolysis) is 1. The van der Waals surface area contributed by atoms with Gasteiger partial charge in [0.15, 0.2) is 0 Å². The summed E-state index contributed by atoms with van der Waals surface area (Å²) in [6, 6.07) is 15.4. The van der Waals surface area contributed by atoms with Crippen LogP contribution in [0, 0.1) is 17.8 Å². The van der Waals surface area contributed by atoms with Crippen LogP contribution in [-0.4, -0.2) is 42.3 Å². The summed E-state index contributed by atoms with van der Waals surface area (Å²) in [5, 5.41) is 15.0. The Balaban J connectivity index is 1.36. The molecule has 1 saturated carbocycles. The lowest BCUT2D eigenvalue weighted by Crippen LogP contribution is -2.51. The molecule has 0 heterocycles. The van der Waals surface area contributed by atoms with Gasteiger partial charge in [-0.1, -0.05) is 81.6 Å². The average molecular weight is 479 g/mol. The Hall–Kier alpha value is -3.35. The lowest BCUT2D eigenvalue weighted by atomic mass is 9.97. The van der Waals surface area contributed by atoms with Gasteiger partial charge >= 0.3 is 12.1 Å².